The SMILES string of the molecule is O=C(NCCN1CCCCC1)C(F)(F)C(F)(F)C(F)(F)C(F)(F)F. The average molecular weight is 374 g/mol. The molecule has 0 bridgehead atoms. The standard InChI is InChI=1S/C12H15F9N2O/c13-9(14,10(15,16)11(17,18)12(19,20)21)8(24)22-4-7-23-5-2-1-3-6-23/h1-7H2,(H,22,24). The number of carbonyl (C=O) groups excluding carboxylic acids is 1. The Hall–Kier alpha value is -1.20. The van der Waals surface area contributed by atoms with Crippen LogP contribution < -0.4 is 5.32 Å². The predicted molar refractivity (Wildman–Crippen MR) is 64.2 cm³/mol. The summed E-state index contributed by atoms with van der Waals surface area (Å²) in [5.41, 5.74) is 0. The minimum absolute atomic E-state index is 0.0109. The average Bonchev–Trinajstić information content (AvgIpc) is 2.46. The molecule has 0 atom stereocenters. The lowest BCUT2D eigenvalue weighted by atomic mass is 10.0. The fourth-order valence-electron chi connectivity index (χ4n) is 2.14. The molecule has 1 aliphatic rings. The second-order valence-electron chi connectivity index (χ2n) is 5.38. The van der Waals surface area contributed by atoms with E-state index in [1.54, 1.807) is 4.90 Å². The van der Waals surface area contributed by atoms with Crippen LogP contribution in [0.3, 0.4) is 0 Å². The molecule has 0 radical (unpaired) electrons. The van der Waals surface area contributed by atoms with Crippen LogP contribution in [0.15, 0.2) is 0 Å². The van der Waals surface area contributed by atoms with Gasteiger partial charge in [0.25, 0.3) is 5.91 Å². The van der Waals surface area contributed by atoms with Crippen molar-refractivity contribution in [1.82, 2.24) is 10.2 Å². The second-order valence-corrected chi connectivity index (χ2v) is 5.38. The molecule has 0 aromatic carbocycles. The largest absolute Gasteiger partial charge is 0.460 e. The maximum atomic E-state index is 13.2. The van der Waals surface area contributed by atoms with Crippen molar-refractivity contribution in [2.45, 2.75) is 43.2 Å². The molecule has 1 heterocycles. The van der Waals surface area contributed by atoms with Gasteiger partial charge in [-0.15, -0.1) is 0 Å². The first kappa shape index (κ1) is 20.8. The van der Waals surface area contributed by atoms with Gasteiger partial charge in [0.1, 0.15) is 0 Å². The molecule has 0 spiro atoms. The number of nitrogens with zero attached hydrogens (tertiary/aromatic N) is 1. The van der Waals surface area contributed by atoms with Gasteiger partial charge in [0.15, 0.2) is 0 Å². The highest BCUT2D eigenvalue weighted by molar-refractivity contribution is 5.84. The third-order valence-electron chi connectivity index (χ3n) is 3.59. The van der Waals surface area contributed by atoms with E-state index >= 15 is 0 Å². The molecular formula is C12H15F9N2O. The Kier molecular flexibility index (Phi) is 6.05. The van der Waals surface area contributed by atoms with Crippen LogP contribution in [0, 0.1) is 0 Å². The summed E-state index contributed by atoms with van der Waals surface area (Å²) in [5, 5.41) is 1.29. The first-order valence-corrected chi connectivity index (χ1v) is 6.96. The summed E-state index contributed by atoms with van der Waals surface area (Å²) in [7, 11) is 0. The summed E-state index contributed by atoms with van der Waals surface area (Å²) in [6.07, 6.45) is -4.38. The van der Waals surface area contributed by atoms with Gasteiger partial charge < -0.3 is 10.2 Å². The van der Waals surface area contributed by atoms with Crippen molar-refractivity contribution >= 4 is 5.91 Å². The molecule has 1 aliphatic heterocycles. The normalized spacial score (nSPS) is 18.5. The molecular weight excluding hydrogens is 359 g/mol. The van der Waals surface area contributed by atoms with E-state index in [4.69, 9.17) is 0 Å². The number of halogens is 9. The number of amides is 1. The van der Waals surface area contributed by atoms with Crippen molar-refractivity contribution in [3.8, 4) is 0 Å². The van der Waals surface area contributed by atoms with E-state index in [-0.39, 0.29) is 6.54 Å². The van der Waals surface area contributed by atoms with Crippen molar-refractivity contribution in [2.24, 2.45) is 0 Å². The Balaban J connectivity index is 2.72. The number of nitrogens with one attached hydrogen (secondary N) is 1. The Morgan fingerprint density at radius 1 is 0.833 bits per heavy atom. The number of rotatable bonds is 6. The van der Waals surface area contributed by atoms with Gasteiger partial charge in [-0.2, -0.15) is 39.5 Å². The Morgan fingerprint density at radius 3 is 1.79 bits per heavy atom. The number of piperidine rings is 1. The van der Waals surface area contributed by atoms with Crippen molar-refractivity contribution in [1.29, 1.82) is 0 Å². The second kappa shape index (κ2) is 6.96. The Bertz CT molecular complexity index is 444. The molecule has 12 heteroatoms. The Labute approximate surface area is 131 Å². The maximum absolute atomic E-state index is 13.2. The van der Waals surface area contributed by atoms with Gasteiger partial charge in [-0.1, -0.05) is 6.42 Å². The summed E-state index contributed by atoms with van der Waals surface area (Å²) in [4.78, 5) is 12.8. The summed E-state index contributed by atoms with van der Waals surface area (Å²) in [6, 6.07) is 0. The quantitative estimate of drug-likeness (QED) is 0.725. The first-order valence-electron chi connectivity index (χ1n) is 6.96. The summed E-state index contributed by atoms with van der Waals surface area (Å²) < 4.78 is 114. The van der Waals surface area contributed by atoms with Gasteiger partial charge in [0.05, 0.1) is 0 Å². The lowest BCUT2D eigenvalue weighted by Gasteiger charge is -2.33. The van der Waals surface area contributed by atoms with E-state index in [0.29, 0.717) is 13.1 Å². The van der Waals surface area contributed by atoms with E-state index in [1.165, 1.54) is 5.32 Å². The molecule has 3 nitrogen and oxygen atoms in total. The zero-order valence-electron chi connectivity index (χ0n) is 12.2. The molecule has 0 aliphatic carbocycles. The molecule has 0 aromatic heterocycles. The minimum Gasteiger partial charge on any atom is -0.349 e. The smallest absolute Gasteiger partial charge is 0.349 e. The number of likely N-dealkylation sites (tertiary alicyclic amines) is 1. The van der Waals surface area contributed by atoms with Crippen molar-refractivity contribution in [3.63, 3.8) is 0 Å². The van der Waals surface area contributed by atoms with E-state index in [0.717, 1.165) is 19.3 Å². The van der Waals surface area contributed by atoms with Crippen molar-refractivity contribution < 1.29 is 44.3 Å². The molecule has 1 rings (SSSR count). The van der Waals surface area contributed by atoms with Gasteiger partial charge in [0.2, 0.25) is 0 Å². The van der Waals surface area contributed by atoms with Gasteiger partial charge in [0, 0.05) is 13.1 Å². The first-order chi connectivity index (χ1) is 10.7. The molecule has 1 amide bonds. The molecule has 0 saturated carbocycles. The molecule has 1 saturated heterocycles. The van der Waals surface area contributed by atoms with Crippen LogP contribution in [0.5, 0.6) is 0 Å². The topological polar surface area (TPSA) is 32.3 Å². The fourth-order valence-corrected chi connectivity index (χ4v) is 2.14. The maximum Gasteiger partial charge on any atom is 0.460 e. The lowest BCUT2D eigenvalue weighted by Crippen LogP contribution is -2.65. The van der Waals surface area contributed by atoms with E-state index in [9.17, 15) is 44.3 Å². The van der Waals surface area contributed by atoms with Gasteiger partial charge in [-0.05, 0) is 25.9 Å². The van der Waals surface area contributed by atoms with Crippen molar-refractivity contribution in [3.05, 3.63) is 0 Å². The molecule has 1 fully saturated rings. The van der Waals surface area contributed by atoms with E-state index < -0.39 is 36.4 Å². The van der Waals surface area contributed by atoms with Crippen LogP contribution >= 0.6 is 0 Å². The van der Waals surface area contributed by atoms with Crippen LogP contribution in [0.2, 0.25) is 0 Å². The predicted octanol–water partition coefficient (Wildman–Crippen LogP) is 3.06. The molecule has 0 aromatic rings. The number of hydrogen-bond donors (Lipinski definition) is 1. The van der Waals surface area contributed by atoms with E-state index in [2.05, 4.69) is 0 Å². The zero-order chi connectivity index (χ0) is 18.8. The third kappa shape index (κ3) is 3.89. The molecule has 24 heavy (non-hydrogen) atoms. The van der Waals surface area contributed by atoms with Gasteiger partial charge in [-0.25, -0.2) is 0 Å². The van der Waals surface area contributed by atoms with Crippen LogP contribution in [0.25, 0.3) is 0 Å². The number of carbonyl (C=O) groups is 1. The number of alkyl halides is 9. The zero-order valence-corrected chi connectivity index (χ0v) is 12.2. The number of hydrogen-bond acceptors (Lipinski definition) is 2. The summed E-state index contributed by atoms with van der Waals surface area (Å²) in [6.45, 7) is 0.564. The van der Waals surface area contributed by atoms with Crippen LogP contribution in [0.4, 0.5) is 39.5 Å². The van der Waals surface area contributed by atoms with Crippen LogP contribution in [-0.4, -0.2) is 60.9 Å². The minimum atomic E-state index is -7.06. The van der Waals surface area contributed by atoms with Gasteiger partial charge in [-0.3, -0.25) is 4.79 Å². The fraction of sp³-hybridized carbons (Fsp3) is 0.917. The highest BCUT2D eigenvalue weighted by Gasteiger charge is 2.83. The molecule has 1 N–H and O–H groups in total. The molecule has 0 unspecified atom stereocenters. The van der Waals surface area contributed by atoms with Crippen molar-refractivity contribution in [2.75, 3.05) is 26.2 Å². The van der Waals surface area contributed by atoms with Crippen LogP contribution in [0.1, 0.15) is 19.3 Å². The lowest BCUT2D eigenvalue weighted by molar-refractivity contribution is -0.388. The Morgan fingerprint density at radius 2 is 1.33 bits per heavy atom. The van der Waals surface area contributed by atoms with Crippen LogP contribution in [-0.2, 0) is 4.79 Å². The highest BCUT2D eigenvalue weighted by atomic mass is 19.4. The monoisotopic (exact) mass is 374 g/mol. The summed E-state index contributed by atoms with van der Waals surface area (Å²) >= 11 is 0. The summed E-state index contributed by atoms with van der Waals surface area (Å²) in [5.74, 6) is -23.1. The van der Waals surface area contributed by atoms with Gasteiger partial charge >= 0.3 is 23.9 Å². The third-order valence-corrected chi connectivity index (χ3v) is 3.59. The highest BCUT2D eigenvalue weighted by Crippen LogP contribution is 2.53. The molecule has 142 valence electrons. The van der Waals surface area contributed by atoms with E-state index in [1.807, 2.05) is 0 Å².